The fourth-order valence-corrected chi connectivity index (χ4v) is 3.39. The van der Waals surface area contributed by atoms with Gasteiger partial charge in [-0.15, -0.1) is 0 Å². The van der Waals surface area contributed by atoms with E-state index in [-0.39, 0.29) is 5.82 Å². The maximum atomic E-state index is 14.5. The van der Waals surface area contributed by atoms with Gasteiger partial charge in [0.25, 0.3) is 0 Å². The molecule has 0 aliphatic heterocycles. The number of nitrogens with two attached hydrogens (primary N) is 1. The number of anilines is 2. The van der Waals surface area contributed by atoms with Crippen molar-refractivity contribution in [3.05, 3.63) is 30.2 Å². The summed E-state index contributed by atoms with van der Waals surface area (Å²) in [6, 6.07) is 5.55. The summed E-state index contributed by atoms with van der Waals surface area (Å²) >= 11 is 0. The summed E-state index contributed by atoms with van der Waals surface area (Å²) < 4.78 is 14.5. The molecule has 0 unspecified atom stereocenters. The molecule has 112 valence electrons. The second-order valence-electron chi connectivity index (χ2n) is 5.95. The lowest BCUT2D eigenvalue weighted by Gasteiger charge is -2.30. The molecule has 0 amide bonds. The molecule has 1 fully saturated rings. The summed E-state index contributed by atoms with van der Waals surface area (Å²) in [5, 5.41) is 0.828. The summed E-state index contributed by atoms with van der Waals surface area (Å²) in [7, 11) is 1.98. The standard InChI is InChI=1S/C17H22FN3/c1-21(12-7-4-2-3-5-8-12)17-14(18)11-15(19)13-9-6-10-20-16(13)17/h6,9-12H,2-5,7-8,19H2,1H3. The van der Waals surface area contributed by atoms with E-state index in [1.807, 2.05) is 19.2 Å². The molecule has 0 bridgehead atoms. The van der Waals surface area contributed by atoms with Gasteiger partial charge in [-0.2, -0.15) is 0 Å². The fourth-order valence-electron chi connectivity index (χ4n) is 3.39. The number of halogens is 1. The lowest BCUT2D eigenvalue weighted by atomic mass is 10.0. The Morgan fingerprint density at radius 3 is 2.67 bits per heavy atom. The van der Waals surface area contributed by atoms with Crippen LogP contribution in [0.15, 0.2) is 24.4 Å². The van der Waals surface area contributed by atoms with E-state index in [0.29, 0.717) is 22.9 Å². The summed E-state index contributed by atoms with van der Waals surface area (Å²) in [4.78, 5) is 6.46. The highest BCUT2D eigenvalue weighted by molar-refractivity contribution is 5.98. The van der Waals surface area contributed by atoms with Crippen molar-refractivity contribution in [2.45, 2.75) is 44.6 Å². The molecule has 1 heterocycles. The van der Waals surface area contributed by atoms with Crippen molar-refractivity contribution in [3.8, 4) is 0 Å². The molecule has 1 aliphatic rings. The summed E-state index contributed by atoms with van der Waals surface area (Å²) in [5.74, 6) is -0.273. The van der Waals surface area contributed by atoms with Gasteiger partial charge in [0.15, 0.2) is 5.82 Å². The number of hydrogen-bond acceptors (Lipinski definition) is 3. The first-order valence-electron chi connectivity index (χ1n) is 7.74. The predicted molar refractivity (Wildman–Crippen MR) is 86.0 cm³/mol. The zero-order chi connectivity index (χ0) is 14.8. The highest BCUT2D eigenvalue weighted by Gasteiger charge is 2.22. The quantitative estimate of drug-likeness (QED) is 0.667. The van der Waals surface area contributed by atoms with Crippen LogP contribution >= 0.6 is 0 Å². The average molecular weight is 287 g/mol. The SMILES string of the molecule is CN(c1c(F)cc(N)c2cccnc12)C1CCCCCC1. The van der Waals surface area contributed by atoms with Crippen LogP contribution in [0, 0.1) is 5.82 Å². The molecule has 1 saturated carbocycles. The first kappa shape index (κ1) is 14.1. The van der Waals surface area contributed by atoms with E-state index in [1.165, 1.54) is 31.7 Å². The highest BCUT2D eigenvalue weighted by atomic mass is 19.1. The molecule has 1 aliphatic carbocycles. The van der Waals surface area contributed by atoms with Gasteiger partial charge in [-0.25, -0.2) is 4.39 Å². The fraction of sp³-hybridized carbons (Fsp3) is 0.471. The van der Waals surface area contributed by atoms with E-state index in [9.17, 15) is 4.39 Å². The molecular formula is C17H22FN3. The van der Waals surface area contributed by atoms with E-state index in [0.717, 1.165) is 18.2 Å². The number of fused-ring (bicyclic) bond motifs is 1. The molecule has 0 saturated heterocycles. The predicted octanol–water partition coefficient (Wildman–Crippen LogP) is 4.12. The Balaban J connectivity index is 2.06. The topological polar surface area (TPSA) is 42.1 Å². The molecule has 4 heteroatoms. The van der Waals surface area contributed by atoms with Crippen LogP contribution in [-0.4, -0.2) is 18.1 Å². The number of rotatable bonds is 2. The van der Waals surface area contributed by atoms with Crippen molar-refractivity contribution in [2.75, 3.05) is 17.7 Å². The van der Waals surface area contributed by atoms with Crippen LogP contribution < -0.4 is 10.6 Å². The van der Waals surface area contributed by atoms with Crippen LogP contribution in [0.3, 0.4) is 0 Å². The Morgan fingerprint density at radius 2 is 1.95 bits per heavy atom. The normalized spacial score (nSPS) is 16.9. The van der Waals surface area contributed by atoms with Gasteiger partial charge < -0.3 is 10.6 Å². The maximum absolute atomic E-state index is 14.5. The summed E-state index contributed by atoms with van der Waals surface area (Å²) in [5.41, 5.74) is 7.64. The van der Waals surface area contributed by atoms with E-state index in [4.69, 9.17) is 5.73 Å². The molecule has 21 heavy (non-hydrogen) atoms. The second kappa shape index (κ2) is 5.88. The molecule has 2 aromatic rings. The molecule has 0 spiro atoms. The average Bonchev–Trinajstić information content (AvgIpc) is 2.76. The zero-order valence-electron chi connectivity index (χ0n) is 12.5. The van der Waals surface area contributed by atoms with E-state index in [1.54, 1.807) is 6.20 Å². The number of nitrogens with zero attached hydrogens (tertiary/aromatic N) is 2. The van der Waals surface area contributed by atoms with Crippen LogP contribution in [-0.2, 0) is 0 Å². The second-order valence-corrected chi connectivity index (χ2v) is 5.95. The molecule has 1 aromatic heterocycles. The Morgan fingerprint density at radius 1 is 1.24 bits per heavy atom. The number of pyridine rings is 1. The van der Waals surface area contributed by atoms with Crippen molar-refractivity contribution in [3.63, 3.8) is 0 Å². The Bertz CT molecular complexity index is 633. The van der Waals surface area contributed by atoms with Gasteiger partial charge in [0.05, 0.1) is 11.2 Å². The smallest absolute Gasteiger partial charge is 0.150 e. The highest BCUT2D eigenvalue weighted by Crippen LogP contribution is 2.34. The van der Waals surface area contributed by atoms with Crippen LogP contribution in [0.5, 0.6) is 0 Å². The third-order valence-corrected chi connectivity index (χ3v) is 4.58. The van der Waals surface area contributed by atoms with Gasteiger partial charge in [0.2, 0.25) is 0 Å². The third kappa shape index (κ3) is 2.67. The minimum absolute atomic E-state index is 0.273. The van der Waals surface area contributed by atoms with Crippen molar-refractivity contribution < 1.29 is 4.39 Å². The molecule has 0 atom stereocenters. The Kier molecular flexibility index (Phi) is 3.95. The first-order chi connectivity index (χ1) is 10.2. The number of benzene rings is 1. The number of aromatic nitrogens is 1. The lowest BCUT2D eigenvalue weighted by molar-refractivity contribution is 0.539. The van der Waals surface area contributed by atoms with Gasteiger partial charge in [0, 0.05) is 30.4 Å². The molecule has 3 rings (SSSR count). The summed E-state index contributed by atoms with van der Waals surface area (Å²) in [6.07, 6.45) is 8.95. The van der Waals surface area contributed by atoms with Crippen LogP contribution in [0.2, 0.25) is 0 Å². The molecule has 2 N–H and O–H groups in total. The van der Waals surface area contributed by atoms with E-state index < -0.39 is 0 Å². The maximum Gasteiger partial charge on any atom is 0.150 e. The van der Waals surface area contributed by atoms with Crippen molar-refractivity contribution in [1.82, 2.24) is 4.98 Å². The van der Waals surface area contributed by atoms with Crippen molar-refractivity contribution in [1.29, 1.82) is 0 Å². The molecule has 1 aromatic carbocycles. The van der Waals surface area contributed by atoms with E-state index in [2.05, 4.69) is 9.88 Å². The number of hydrogen-bond donors (Lipinski definition) is 1. The largest absolute Gasteiger partial charge is 0.398 e. The van der Waals surface area contributed by atoms with Gasteiger partial charge >= 0.3 is 0 Å². The van der Waals surface area contributed by atoms with Gasteiger partial charge in [-0.05, 0) is 31.0 Å². The first-order valence-corrected chi connectivity index (χ1v) is 7.74. The third-order valence-electron chi connectivity index (χ3n) is 4.58. The molecule has 0 radical (unpaired) electrons. The zero-order valence-corrected chi connectivity index (χ0v) is 12.5. The Labute approximate surface area is 125 Å². The Hall–Kier alpha value is -1.84. The number of nitrogen functional groups attached to an aromatic ring is 1. The van der Waals surface area contributed by atoms with Crippen LogP contribution in [0.4, 0.5) is 15.8 Å². The monoisotopic (exact) mass is 287 g/mol. The minimum atomic E-state index is -0.273. The van der Waals surface area contributed by atoms with Crippen LogP contribution in [0.1, 0.15) is 38.5 Å². The van der Waals surface area contributed by atoms with E-state index >= 15 is 0 Å². The molecule has 3 nitrogen and oxygen atoms in total. The van der Waals surface area contributed by atoms with Crippen LogP contribution in [0.25, 0.3) is 10.9 Å². The summed E-state index contributed by atoms with van der Waals surface area (Å²) in [6.45, 7) is 0. The van der Waals surface area contributed by atoms with Crippen molar-refractivity contribution in [2.24, 2.45) is 0 Å². The minimum Gasteiger partial charge on any atom is -0.398 e. The van der Waals surface area contributed by atoms with Gasteiger partial charge in [-0.1, -0.05) is 25.7 Å². The lowest BCUT2D eigenvalue weighted by Crippen LogP contribution is -2.32. The van der Waals surface area contributed by atoms with Gasteiger partial charge in [0.1, 0.15) is 0 Å². The van der Waals surface area contributed by atoms with Crippen molar-refractivity contribution >= 4 is 22.3 Å². The molecular weight excluding hydrogens is 265 g/mol. The van der Waals surface area contributed by atoms with Gasteiger partial charge in [-0.3, -0.25) is 4.98 Å².